The lowest BCUT2D eigenvalue weighted by Crippen LogP contribution is -2.44. The number of nitrogens with one attached hydrogen (secondary N) is 1. The number of likely N-dealkylation sites (tertiary alicyclic amines) is 1. The van der Waals surface area contributed by atoms with Crippen LogP contribution in [0.2, 0.25) is 0 Å². The summed E-state index contributed by atoms with van der Waals surface area (Å²) < 4.78 is 10.7. The van der Waals surface area contributed by atoms with Crippen LogP contribution in [0.3, 0.4) is 0 Å². The number of nitrogens with zero attached hydrogens (tertiary/aromatic N) is 1. The van der Waals surface area contributed by atoms with Gasteiger partial charge in [0.05, 0.1) is 0 Å². The molecular formula is C20H24N2O5. The lowest BCUT2D eigenvalue weighted by Gasteiger charge is -2.31. The molecule has 2 amide bonds. The molecule has 1 N–H and O–H groups in total. The third-order valence-electron chi connectivity index (χ3n) is 4.72. The minimum atomic E-state index is -0.429. The van der Waals surface area contributed by atoms with E-state index in [0.717, 1.165) is 11.8 Å². The average molecular weight is 372 g/mol. The third-order valence-corrected chi connectivity index (χ3v) is 4.72. The second-order valence-electron chi connectivity index (χ2n) is 6.69. The van der Waals surface area contributed by atoms with Gasteiger partial charge in [-0.3, -0.25) is 9.59 Å². The third kappa shape index (κ3) is 4.87. The molecule has 144 valence electrons. The van der Waals surface area contributed by atoms with Crippen LogP contribution in [-0.4, -0.2) is 43.0 Å². The lowest BCUT2D eigenvalue weighted by molar-refractivity contribution is -0.137. The number of carbonyl (C=O) groups excluding carboxylic acids is 2. The Hall–Kier alpha value is -2.83. The molecule has 1 saturated heterocycles. The average Bonchev–Trinajstić information content (AvgIpc) is 2.70. The first-order chi connectivity index (χ1) is 13.1. The molecule has 27 heavy (non-hydrogen) atoms. The van der Waals surface area contributed by atoms with E-state index >= 15 is 0 Å². The summed E-state index contributed by atoms with van der Waals surface area (Å²) in [5.74, 6) is 0.416. The molecule has 0 spiro atoms. The molecule has 0 aliphatic carbocycles. The van der Waals surface area contributed by atoms with Gasteiger partial charge < -0.3 is 19.4 Å². The van der Waals surface area contributed by atoms with Crippen molar-refractivity contribution in [3.63, 3.8) is 0 Å². The van der Waals surface area contributed by atoms with Gasteiger partial charge in [-0.2, -0.15) is 0 Å². The molecule has 1 aliphatic heterocycles. The van der Waals surface area contributed by atoms with E-state index in [2.05, 4.69) is 5.32 Å². The van der Waals surface area contributed by atoms with Gasteiger partial charge >= 0.3 is 5.63 Å². The molecule has 0 radical (unpaired) electrons. The molecule has 1 aromatic carbocycles. The molecule has 1 fully saturated rings. The maximum atomic E-state index is 12.4. The highest BCUT2D eigenvalue weighted by Gasteiger charge is 2.27. The quantitative estimate of drug-likeness (QED) is 0.783. The zero-order valence-electron chi connectivity index (χ0n) is 15.4. The number of hydrogen-bond acceptors (Lipinski definition) is 5. The van der Waals surface area contributed by atoms with E-state index in [9.17, 15) is 14.4 Å². The summed E-state index contributed by atoms with van der Waals surface area (Å²) in [4.78, 5) is 37.4. The first-order valence-corrected chi connectivity index (χ1v) is 9.29. The zero-order chi connectivity index (χ0) is 19.2. The normalized spacial score (nSPS) is 14.9. The maximum Gasteiger partial charge on any atom is 0.336 e. The van der Waals surface area contributed by atoms with Crippen LogP contribution in [-0.2, 0) is 9.59 Å². The number of amides is 2. The SMILES string of the molecule is CCCNC(=O)C1CCN(C(=O)COc2ccc3ccc(=O)oc3c2)CC1. The monoisotopic (exact) mass is 372 g/mol. The second kappa shape index (κ2) is 8.70. The summed E-state index contributed by atoms with van der Waals surface area (Å²) in [6.45, 7) is 3.73. The molecule has 0 unspecified atom stereocenters. The Morgan fingerprint density at radius 3 is 2.70 bits per heavy atom. The number of fused-ring (bicyclic) bond motifs is 1. The molecule has 2 heterocycles. The Labute approximate surface area is 157 Å². The zero-order valence-corrected chi connectivity index (χ0v) is 15.4. The van der Waals surface area contributed by atoms with E-state index in [0.29, 0.717) is 43.8 Å². The number of piperidine rings is 1. The minimum absolute atomic E-state index is 0.0232. The van der Waals surface area contributed by atoms with Gasteiger partial charge in [0, 0.05) is 43.1 Å². The van der Waals surface area contributed by atoms with Crippen molar-refractivity contribution in [3.05, 3.63) is 40.8 Å². The molecular weight excluding hydrogens is 348 g/mol. The molecule has 3 rings (SSSR count). The van der Waals surface area contributed by atoms with E-state index in [4.69, 9.17) is 9.15 Å². The van der Waals surface area contributed by atoms with Crippen LogP contribution in [0.1, 0.15) is 26.2 Å². The number of benzene rings is 1. The highest BCUT2D eigenvalue weighted by molar-refractivity contribution is 5.81. The number of carbonyl (C=O) groups is 2. The van der Waals surface area contributed by atoms with Gasteiger partial charge in [-0.25, -0.2) is 4.79 Å². The molecule has 7 nitrogen and oxygen atoms in total. The van der Waals surface area contributed by atoms with Gasteiger partial charge in [-0.05, 0) is 37.5 Å². The van der Waals surface area contributed by atoms with Gasteiger partial charge in [0.25, 0.3) is 5.91 Å². The van der Waals surface area contributed by atoms with Crippen molar-refractivity contribution in [2.75, 3.05) is 26.2 Å². The molecule has 2 aromatic rings. The van der Waals surface area contributed by atoms with Crippen molar-refractivity contribution >= 4 is 22.8 Å². The molecule has 1 aromatic heterocycles. The van der Waals surface area contributed by atoms with Crippen LogP contribution < -0.4 is 15.7 Å². The van der Waals surface area contributed by atoms with E-state index in [1.165, 1.54) is 6.07 Å². The Kier molecular flexibility index (Phi) is 6.11. The van der Waals surface area contributed by atoms with Crippen molar-refractivity contribution in [1.82, 2.24) is 10.2 Å². The first kappa shape index (κ1) is 18.9. The van der Waals surface area contributed by atoms with Crippen LogP contribution in [0, 0.1) is 5.92 Å². The summed E-state index contributed by atoms with van der Waals surface area (Å²) in [6.07, 6.45) is 2.25. The largest absolute Gasteiger partial charge is 0.484 e. The number of ether oxygens (including phenoxy) is 1. The lowest BCUT2D eigenvalue weighted by atomic mass is 9.96. The van der Waals surface area contributed by atoms with E-state index in [1.54, 1.807) is 29.2 Å². The van der Waals surface area contributed by atoms with Crippen molar-refractivity contribution in [2.45, 2.75) is 26.2 Å². The first-order valence-electron chi connectivity index (χ1n) is 9.29. The van der Waals surface area contributed by atoms with Crippen LogP contribution in [0.15, 0.2) is 39.5 Å². The van der Waals surface area contributed by atoms with Crippen LogP contribution in [0.5, 0.6) is 5.75 Å². The predicted octanol–water partition coefficient (Wildman–Crippen LogP) is 1.94. The van der Waals surface area contributed by atoms with Crippen LogP contribution in [0.25, 0.3) is 11.0 Å². The number of rotatable bonds is 6. The van der Waals surface area contributed by atoms with E-state index in [1.807, 2.05) is 6.92 Å². The van der Waals surface area contributed by atoms with E-state index < -0.39 is 5.63 Å². The van der Waals surface area contributed by atoms with Gasteiger partial charge in [0.2, 0.25) is 5.91 Å². The van der Waals surface area contributed by atoms with Gasteiger partial charge in [-0.15, -0.1) is 0 Å². The van der Waals surface area contributed by atoms with Crippen molar-refractivity contribution in [1.29, 1.82) is 0 Å². The molecule has 7 heteroatoms. The minimum Gasteiger partial charge on any atom is -0.484 e. The van der Waals surface area contributed by atoms with Crippen molar-refractivity contribution < 1.29 is 18.7 Å². The Morgan fingerprint density at radius 2 is 1.96 bits per heavy atom. The fraction of sp³-hybridized carbons (Fsp3) is 0.450. The standard InChI is InChI=1S/C20H24N2O5/c1-2-9-21-20(25)15-7-10-22(11-8-15)18(23)13-26-16-5-3-14-4-6-19(24)27-17(14)12-16/h3-6,12,15H,2,7-11,13H2,1H3,(H,21,25). The molecule has 0 saturated carbocycles. The summed E-state index contributed by atoms with van der Waals surface area (Å²) >= 11 is 0. The predicted molar refractivity (Wildman–Crippen MR) is 101 cm³/mol. The molecule has 0 bridgehead atoms. The fourth-order valence-corrected chi connectivity index (χ4v) is 3.15. The fourth-order valence-electron chi connectivity index (χ4n) is 3.15. The van der Waals surface area contributed by atoms with Crippen LogP contribution in [0.4, 0.5) is 0 Å². The summed E-state index contributed by atoms with van der Waals surface area (Å²) in [5.41, 5.74) is -0.00655. The smallest absolute Gasteiger partial charge is 0.336 e. The molecule has 0 atom stereocenters. The highest BCUT2D eigenvalue weighted by Crippen LogP contribution is 2.20. The highest BCUT2D eigenvalue weighted by atomic mass is 16.5. The summed E-state index contributed by atoms with van der Waals surface area (Å²) in [6, 6.07) is 8.15. The molecule has 1 aliphatic rings. The van der Waals surface area contributed by atoms with Gasteiger partial charge in [0.1, 0.15) is 11.3 Å². The maximum absolute atomic E-state index is 12.4. The van der Waals surface area contributed by atoms with Gasteiger partial charge in [0.15, 0.2) is 6.61 Å². The van der Waals surface area contributed by atoms with E-state index in [-0.39, 0.29) is 24.3 Å². The number of hydrogen-bond donors (Lipinski definition) is 1. The second-order valence-corrected chi connectivity index (χ2v) is 6.69. The van der Waals surface area contributed by atoms with Crippen molar-refractivity contribution in [3.8, 4) is 5.75 Å². The van der Waals surface area contributed by atoms with Crippen molar-refractivity contribution in [2.24, 2.45) is 5.92 Å². The Morgan fingerprint density at radius 1 is 1.22 bits per heavy atom. The Bertz CT molecular complexity index is 868. The summed E-state index contributed by atoms with van der Waals surface area (Å²) in [7, 11) is 0. The summed E-state index contributed by atoms with van der Waals surface area (Å²) in [5, 5.41) is 3.70. The topological polar surface area (TPSA) is 88.9 Å². The van der Waals surface area contributed by atoms with Crippen LogP contribution >= 0.6 is 0 Å². The Balaban J connectivity index is 1.50. The van der Waals surface area contributed by atoms with Gasteiger partial charge in [-0.1, -0.05) is 6.92 Å².